The molecule has 3 rings (SSSR count). The first-order valence-electron chi connectivity index (χ1n) is 7.66. The monoisotopic (exact) mass is 335 g/mol. The number of rotatable bonds is 4. The molecule has 1 amide bonds. The van der Waals surface area contributed by atoms with Crippen LogP contribution in [0.3, 0.4) is 0 Å². The van der Waals surface area contributed by atoms with Crippen molar-refractivity contribution in [3.63, 3.8) is 0 Å². The molecule has 24 heavy (non-hydrogen) atoms. The predicted molar refractivity (Wildman–Crippen MR) is 82.5 cm³/mol. The van der Waals surface area contributed by atoms with Crippen LogP contribution in [0.15, 0.2) is 48.5 Å². The summed E-state index contributed by atoms with van der Waals surface area (Å²) in [6, 6.07) is 11.7. The van der Waals surface area contributed by atoms with Crippen molar-refractivity contribution < 1.29 is 22.7 Å². The molecular weight excluding hydrogens is 319 g/mol. The Balaban J connectivity index is 1.82. The third-order valence-corrected chi connectivity index (χ3v) is 4.07. The molecule has 0 radical (unpaired) electrons. The zero-order valence-corrected chi connectivity index (χ0v) is 12.8. The normalized spacial score (nSPS) is 17.3. The van der Waals surface area contributed by atoms with Gasteiger partial charge in [0.25, 0.3) is 5.91 Å². The molecule has 0 saturated carbocycles. The minimum atomic E-state index is -2.94. The fourth-order valence-corrected chi connectivity index (χ4v) is 3.01. The number of carbonyl (C=O) groups is 1. The molecule has 1 saturated heterocycles. The zero-order chi connectivity index (χ0) is 17.1. The Hall–Kier alpha value is -2.50. The third-order valence-electron chi connectivity index (χ3n) is 4.07. The van der Waals surface area contributed by atoms with Gasteiger partial charge in [-0.1, -0.05) is 18.2 Å². The summed E-state index contributed by atoms with van der Waals surface area (Å²) in [6.07, 6.45) is 1.62. The molecular formula is C18H16F3NO2. The molecule has 6 heteroatoms. The summed E-state index contributed by atoms with van der Waals surface area (Å²) in [6.45, 7) is -2.37. The lowest BCUT2D eigenvalue weighted by Crippen LogP contribution is -2.30. The van der Waals surface area contributed by atoms with E-state index in [1.807, 2.05) is 0 Å². The number of amides is 1. The van der Waals surface area contributed by atoms with E-state index in [2.05, 4.69) is 4.74 Å². The number of hydrogen-bond donors (Lipinski definition) is 0. The molecule has 1 fully saturated rings. The fraction of sp³-hybridized carbons (Fsp3) is 0.278. The minimum Gasteiger partial charge on any atom is -0.435 e. The van der Waals surface area contributed by atoms with Crippen LogP contribution in [0, 0.1) is 5.82 Å². The van der Waals surface area contributed by atoms with Crippen LogP contribution in [0.4, 0.5) is 13.2 Å². The standard InChI is InChI=1S/C18H16F3NO2/c19-14-8-6-12(7-9-14)16-5-2-10-22(16)17(23)13-3-1-4-15(11-13)24-18(20)21/h1,3-4,6-9,11,16,18H,2,5,10H2. The predicted octanol–water partition coefficient (Wildman–Crippen LogP) is 4.40. The van der Waals surface area contributed by atoms with E-state index in [0.717, 1.165) is 18.4 Å². The lowest BCUT2D eigenvalue weighted by atomic mass is 10.0. The summed E-state index contributed by atoms with van der Waals surface area (Å²) < 4.78 is 42.1. The Kier molecular flexibility index (Phi) is 4.74. The van der Waals surface area contributed by atoms with Crippen molar-refractivity contribution in [1.29, 1.82) is 0 Å². The molecule has 0 spiro atoms. The van der Waals surface area contributed by atoms with E-state index in [4.69, 9.17) is 0 Å². The molecule has 1 aliphatic heterocycles. The van der Waals surface area contributed by atoms with E-state index >= 15 is 0 Å². The summed E-state index contributed by atoms with van der Waals surface area (Å²) >= 11 is 0. The van der Waals surface area contributed by atoms with Crippen LogP contribution in [0.25, 0.3) is 0 Å². The average molecular weight is 335 g/mol. The SMILES string of the molecule is O=C(c1cccc(OC(F)F)c1)N1CCCC1c1ccc(F)cc1. The van der Waals surface area contributed by atoms with Crippen LogP contribution in [0.2, 0.25) is 0 Å². The van der Waals surface area contributed by atoms with Crippen molar-refractivity contribution >= 4 is 5.91 Å². The Bertz CT molecular complexity index is 718. The molecule has 1 unspecified atom stereocenters. The first kappa shape index (κ1) is 16.4. The van der Waals surface area contributed by atoms with Crippen LogP contribution in [-0.2, 0) is 0 Å². The van der Waals surface area contributed by atoms with E-state index in [1.165, 1.54) is 30.3 Å². The number of nitrogens with zero attached hydrogens (tertiary/aromatic N) is 1. The van der Waals surface area contributed by atoms with Gasteiger partial charge < -0.3 is 9.64 Å². The van der Waals surface area contributed by atoms with Gasteiger partial charge in [-0.2, -0.15) is 8.78 Å². The Morgan fingerprint density at radius 3 is 2.62 bits per heavy atom. The second-order valence-electron chi connectivity index (χ2n) is 5.61. The number of halogens is 3. The summed E-state index contributed by atoms with van der Waals surface area (Å²) in [7, 11) is 0. The Morgan fingerprint density at radius 1 is 1.17 bits per heavy atom. The van der Waals surface area contributed by atoms with Gasteiger partial charge in [-0.15, -0.1) is 0 Å². The molecule has 1 heterocycles. The van der Waals surface area contributed by atoms with Gasteiger partial charge in [-0.05, 0) is 48.7 Å². The second-order valence-corrected chi connectivity index (χ2v) is 5.61. The highest BCUT2D eigenvalue weighted by molar-refractivity contribution is 5.95. The number of hydrogen-bond acceptors (Lipinski definition) is 2. The third kappa shape index (κ3) is 3.53. The molecule has 1 aliphatic rings. The maximum Gasteiger partial charge on any atom is 0.387 e. The van der Waals surface area contributed by atoms with Gasteiger partial charge in [-0.3, -0.25) is 4.79 Å². The van der Waals surface area contributed by atoms with E-state index in [9.17, 15) is 18.0 Å². The molecule has 0 bridgehead atoms. The molecule has 2 aromatic carbocycles. The zero-order valence-electron chi connectivity index (χ0n) is 12.8. The van der Waals surface area contributed by atoms with E-state index < -0.39 is 6.61 Å². The summed E-state index contributed by atoms with van der Waals surface area (Å²) in [5.41, 5.74) is 1.16. The van der Waals surface area contributed by atoms with Crippen molar-refractivity contribution in [3.05, 3.63) is 65.5 Å². The Morgan fingerprint density at radius 2 is 1.92 bits per heavy atom. The largest absolute Gasteiger partial charge is 0.435 e. The number of benzene rings is 2. The number of carbonyl (C=O) groups excluding carboxylic acids is 1. The number of ether oxygens (including phenoxy) is 1. The quantitative estimate of drug-likeness (QED) is 0.828. The molecule has 0 aromatic heterocycles. The van der Waals surface area contributed by atoms with E-state index in [0.29, 0.717) is 12.1 Å². The Labute approximate surface area is 137 Å². The topological polar surface area (TPSA) is 29.5 Å². The van der Waals surface area contributed by atoms with Gasteiger partial charge >= 0.3 is 6.61 Å². The maximum absolute atomic E-state index is 13.1. The molecule has 0 N–H and O–H groups in total. The van der Waals surface area contributed by atoms with E-state index in [-0.39, 0.29) is 23.5 Å². The lowest BCUT2D eigenvalue weighted by Gasteiger charge is -2.25. The van der Waals surface area contributed by atoms with Crippen molar-refractivity contribution in [1.82, 2.24) is 4.90 Å². The fourth-order valence-electron chi connectivity index (χ4n) is 3.01. The maximum atomic E-state index is 13.1. The van der Waals surface area contributed by atoms with Crippen LogP contribution in [0.1, 0.15) is 34.8 Å². The summed E-state index contributed by atoms with van der Waals surface area (Å²) in [5.74, 6) is -0.624. The van der Waals surface area contributed by atoms with E-state index in [1.54, 1.807) is 23.1 Å². The first-order valence-corrected chi connectivity index (χ1v) is 7.66. The van der Waals surface area contributed by atoms with Gasteiger partial charge in [0.15, 0.2) is 0 Å². The van der Waals surface area contributed by atoms with Crippen molar-refractivity contribution in [2.24, 2.45) is 0 Å². The molecule has 0 aliphatic carbocycles. The second kappa shape index (κ2) is 6.95. The molecule has 126 valence electrons. The van der Waals surface area contributed by atoms with Crippen molar-refractivity contribution in [2.75, 3.05) is 6.54 Å². The summed E-state index contributed by atoms with van der Waals surface area (Å²) in [4.78, 5) is 14.4. The van der Waals surface area contributed by atoms with Gasteiger partial charge in [0.05, 0.1) is 6.04 Å². The highest BCUT2D eigenvalue weighted by Gasteiger charge is 2.30. The van der Waals surface area contributed by atoms with Gasteiger partial charge in [0, 0.05) is 12.1 Å². The lowest BCUT2D eigenvalue weighted by molar-refractivity contribution is -0.0499. The van der Waals surface area contributed by atoms with Crippen LogP contribution >= 0.6 is 0 Å². The van der Waals surface area contributed by atoms with Crippen molar-refractivity contribution in [2.45, 2.75) is 25.5 Å². The smallest absolute Gasteiger partial charge is 0.387 e. The van der Waals surface area contributed by atoms with Crippen LogP contribution < -0.4 is 4.74 Å². The number of alkyl halides is 2. The average Bonchev–Trinajstić information content (AvgIpc) is 3.04. The highest BCUT2D eigenvalue weighted by atomic mass is 19.3. The number of likely N-dealkylation sites (tertiary alicyclic amines) is 1. The first-order chi connectivity index (χ1) is 11.5. The van der Waals surface area contributed by atoms with Crippen LogP contribution in [0.5, 0.6) is 5.75 Å². The molecule has 1 atom stereocenters. The van der Waals surface area contributed by atoms with Gasteiger partial charge in [0.1, 0.15) is 11.6 Å². The van der Waals surface area contributed by atoms with Gasteiger partial charge in [-0.25, -0.2) is 4.39 Å². The highest BCUT2D eigenvalue weighted by Crippen LogP contribution is 2.33. The summed E-state index contributed by atoms with van der Waals surface area (Å²) in [5, 5.41) is 0. The van der Waals surface area contributed by atoms with Crippen molar-refractivity contribution in [3.8, 4) is 5.75 Å². The minimum absolute atomic E-state index is 0.0478. The van der Waals surface area contributed by atoms with Crippen LogP contribution in [-0.4, -0.2) is 24.0 Å². The van der Waals surface area contributed by atoms with Gasteiger partial charge in [0.2, 0.25) is 0 Å². The molecule has 3 nitrogen and oxygen atoms in total. The molecule has 2 aromatic rings.